The molecule has 0 spiro atoms. The molecule has 0 aliphatic carbocycles. The van der Waals surface area contributed by atoms with E-state index in [2.05, 4.69) is 6.58 Å². The zero-order valence-electron chi connectivity index (χ0n) is 6.28. The lowest BCUT2D eigenvalue weighted by molar-refractivity contribution is -0.137. The van der Waals surface area contributed by atoms with Crippen molar-refractivity contribution in [3.63, 3.8) is 0 Å². The Balaban J connectivity index is 4.53. The summed E-state index contributed by atoms with van der Waals surface area (Å²) in [5.41, 5.74) is -0.655. The molecule has 0 saturated heterocycles. The molecule has 0 saturated carbocycles. The molecule has 0 atom stereocenters. The molecule has 0 rings (SSSR count). The molecular weight excluding hydrogens is 154 g/mol. The van der Waals surface area contributed by atoms with Crippen molar-refractivity contribution in [3.8, 4) is 0 Å². The van der Waals surface area contributed by atoms with Gasteiger partial charge in [-0.1, -0.05) is 6.58 Å². The Morgan fingerprint density at radius 1 is 1.36 bits per heavy atom. The minimum atomic E-state index is -3.50. The average molecular weight is 162 g/mol. The van der Waals surface area contributed by atoms with Crippen LogP contribution in [0.5, 0.6) is 0 Å². The summed E-state index contributed by atoms with van der Waals surface area (Å²) in [5, 5.41) is 0. The Bertz CT molecular complexity index is 213. The van der Waals surface area contributed by atoms with Crippen LogP contribution in [-0.4, -0.2) is 17.5 Å². The fraction of sp³-hybridized carbons (Fsp3) is 0.429. The van der Waals surface area contributed by atoms with E-state index in [0.717, 1.165) is 6.92 Å². The number of ketones is 2. The van der Waals surface area contributed by atoms with E-state index in [-0.39, 0.29) is 0 Å². The molecule has 0 unspecified atom stereocenters. The highest BCUT2D eigenvalue weighted by atomic mass is 19.3. The molecular formula is C7H8F2O2. The second kappa shape index (κ2) is 2.90. The van der Waals surface area contributed by atoms with Crippen LogP contribution >= 0.6 is 0 Å². The van der Waals surface area contributed by atoms with Gasteiger partial charge in [0.05, 0.1) is 5.57 Å². The quantitative estimate of drug-likeness (QED) is 0.356. The second-order valence-electron chi connectivity index (χ2n) is 2.25. The van der Waals surface area contributed by atoms with Crippen molar-refractivity contribution in [3.05, 3.63) is 12.2 Å². The SMILES string of the molecule is C=C(C(C)=O)C(=O)C(C)(F)F. The fourth-order valence-corrected chi connectivity index (χ4v) is 0.425. The van der Waals surface area contributed by atoms with Gasteiger partial charge in [0.2, 0.25) is 5.78 Å². The molecule has 0 aromatic heterocycles. The van der Waals surface area contributed by atoms with Crippen molar-refractivity contribution in [1.82, 2.24) is 0 Å². The van der Waals surface area contributed by atoms with Gasteiger partial charge >= 0.3 is 5.92 Å². The van der Waals surface area contributed by atoms with Gasteiger partial charge in [0.1, 0.15) is 0 Å². The Labute approximate surface area is 62.9 Å². The summed E-state index contributed by atoms with van der Waals surface area (Å²) in [6, 6.07) is 0. The third-order valence-corrected chi connectivity index (χ3v) is 1.10. The Morgan fingerprint density at radius 2 is 1.73 bits per heavy atom. The lowest BCUT2D eigenvalue weighted by Crippen LogP contribution is -2.28. The molecule has 0 bridgehead atoms. The van der Waals surface area contributed by atoms with Crippen molar-refractivity contribution in [2.24, 2.45) is 0 Å². The molecule has 0 fully saturated rings. The Kier molecular flexibility index (Phi) is 2.62. The lowest BCUT2D eigenvalue weighted by Gasteiger charge is -2.07. The van der Waals surface area contributed by atoms with Crippen LogP contribution in [0.2, 0.25) is 0 Å². The first-order valence-electron chi connectivity index (χ1n) is 2.89. The summed E-state index contributed by atoms with van der Waals surface area (Å²) in [6.45, 7) is 4.40. The maximum atomic E-state index is 12.2. The van der Waals surface area contributed by atoms with Gasteiger partial charge in [-0.05, 0) is 6.92 Å². The topological polar surface area (TPSA) is 34.1 Å². The summed E-state index contributed by atoms with van der Waals surface area (Å²) >= 11 is 0. The van der Waals surface area contributed by atoms with Gasteiger partial charge in [-0.2, -0.15) is 8.78 Å². The highest BCUT2D eigenvalue weighted by molar-refractivity contribution is 6.21. The van der Waals surface area contributed by atoms with Gasteiger partial charge in [-0.3, -0.25) is 9.59 Å². The van der Waals surface area contributed by atoms with E-state index in [4.69, 9.17) is 0 Å². The molecule has 0 aromatic rings. The highest BCUT2D eigenvalue weighted by Gasteiger charge is 2.35. The van der Waals surface area contributed by atoms with Crippen molar-refractivity contribution in [2.45, 2.75) is 19.8 Å². The first-order valence-corrected chi connectivity index (χ1v) is 2.89. The molecule has 0 heterocycles. The second-order valence-corrected chi connectivity index (χ2v) is 2.25. The summed E-state index contributed by atoms with van der Waals surface area (Å²) in [7, 11) is 0. The number of hydrogen-bond donors (Lipinski definition) is 0. The third-order valence-electron chi connectivity index (χ3n) is 1.10. The van der Waals surface area contributed by atoms with Crippen molar-refractivity contribution in [2.75, 3.05) is 0 Å². The predicted octanol–water partition coefficient (Wildman–Crippen LogP) is 1.36. The molecule has 62 valence electrons. The van der Waals surface area contributed by atoms with Crippen LogP contribution in [0.1, 0.15) is 13.8 Å². The van der Waals surface area contributed by atoms with Crippen LogP contribution in [0.4, 0.5) is 8.78 Å². The van der Waals surface area contributed by atoms with E-state index >= 15 is 0 Å². The van der Waals surface area contributed by atoms with Crippen LogP contribution in [0.3, 0.4) is 0 Å². The Hall–Kier alpha value is -1.06. The first-order chi connectivity index (χ1) is 4.76. The zero-order chi connectivity index (χ0) is 9.23. The Morgan fingerprint density at radius 3 is 1.82 bits per heavy atom. The number of carbonyl (C=O) groups excluding carboxylic acids is 2. The standard InChI is InChI=1S/C7H8F2O2/c1-4(5(2)10)6(11)7(3,8)9/h1H2,2-3H3. The third kappa shape index (κ3) is 2.57. The summed E-state index contributed by atoms with van der Waals surface area (Å²) < 4.78 is 24.3. The van der Waals surface area contributed by atoms with Gasteiger partial charge in [0.15, 0.2) is 5.78 Å². The smallest absolute Gasteiger partial charge is 0.294 e. The maximum Gasteiger partial charge on any atom is 0.307 e. The first kappa shape index (κ1) is 9.94. The molecule has 4 heteroatoms. The number of halogens is 2. The van der Waals surface area contributed by atoms with Gasteiger partial charge in [0, 0.05) is 6.92 Å². The molecule has 0 N–H and O–H groups in total. The van der Waals surface area contributed by atoms with Crippen molar-refractivity contribution in [1.29, 1.82) is 0 Å². The van der Waals surface area contributed by atoms with Gasteiger partial charge in [-0.15, -0.1) is 0 Å². The number of allylic oxidation sites excluding steroid dienone is 1. The summed E-state index contributed by atoms with van der Waals surface area (Å²) in [6.07, 6.45) is 0. The molecule has 0 aliphatic rings. The molecule has 0 amide bonds. The summed E-state index contributed by atoms with van der Waals surface area (Å²) in [4.78, 5) is 20.9. The lowest BCUT2D eigenvalue weighted by atomic mass is 10.1. The van der Waals surface area contributed by atoms with Crippen LogP contribution in [-0.2, 0) is 9.59 Å². The number of alkyl halides is 2. The van der Waals surface area contributed by atoms with Crippen LogP contribution in [0.15, 0.2) is 12.2 Å². The van der Waals surface area contributed by atoms with Crippen molar-refractivity contribution < 1.29 is 18.4 Å². The maximum absolute atomic E-state index is 12.2. The van der Waals surface area contributed by atoms with Crippen LogP contribution < -0.4 is 0 Å². The largest absolute Gasteiger partial charge is 0.307 e. The fourth-order valence-electron chi connectivity index (χ4n) is 0.425. The molecule has 0 aliphatic heterocycles. The number of hydrogen-bond acceptors (Lipinski definition) is 2. The van der Waals surface area contributed by atoms with Gasteiger partial charge in [0.25, 0.3) is 0 Å². The zero-order valence-corrected chi connectivity index (χ0v) is 6.28. The predicted molar refractivity (Wildman–Crippen MR) is 35.4 cm³/mol. The number of Topliss-reactive ketones (excluding diaryl/α,β-unsaturated/α-hetero) is 2. The monoisotopic (exact) mass is 162 g/mol. The number of carbonyl (C=O) groups is 2. The van der Waals surface area contributed by atoms with E-state index in [1.54, 1.807) is 0 Å². The minimum Gasteiger partial charge on any atom is -0.294 e. The van der Waals surface area contributed by atoms with Gasteiger partial charge < -0.3 is 0 Å². The van der Waals surface area contributed by atoms with E-state index in [1.807, 2.05) is 0 Å². The van der Waals surface area contributed by atoms with Gasteiger partial charge in [-0.25, -0.2) is 0 Å². The average Bonchev–Trinajstić information content (AvgIpc) is 1.82. The van der Waals surface area contributed by atoms with E-state index in [9.17, 15) is 18.4 Å². The van der Waals surface area contributed by atoms with E-state index in [1.165, 1.54) is 0 Å². The summed E-state index contributed by atoms with van der Waals surface area (Å²) in [5.74, 6) is -5.73. The molecule has 0 radical (unpaired) electrons. The molecule has 11 heavy (non-hydrogen) atoms. The van der Waals surface area contributed by atoms with E-state index < -0.39 is 23.1 Å². The highest BCUT2D eigenvalue weighted by Crippen LogP contribution is 2.17. The van der Waals surface area contributed by atoms with Crippen molar-refractivity contribution >= 4 is 11.6 Å². The molecule has 0 aromatic carbocycles. The van der Waals surface area contributed by atoms with Crippen LogP contribution in [0, 0.1) is 0 Å². The van der Waals surface area contributed by atoms with Crippen LogP contribution in [0.25, 0.3) is 0 Å². The number of rotatable bonds is 3. The minimum absolute atomic E-state index is 0.434. The molecule has 2 nitrogen and oxygen atoms in total. The van der Waals surface area contributed by atoms with E-state index in [0.29, 0.717) is 6.92 Å². The normalized spacial score (nSPS) is 10.9.